The smallest absolute Gasteiger partial charge is 0.313 e. The van der Waals surface area contributed by atoms with Crippen LogP contribution in [-0.2, 0) is 10.5 Å². The van der Waals surface area contributed by atoms with E-state index < -0.39 is 5.97 Å². The highest BCUT2D eigenvalue weighted by Gasteiger charge is 2.05. The largest absolute Gasteiger partial charge is 0.481 e. The van der Waals surface area contributed by atoms with E-state index >= 15 is 0 Å². The zero-order valence-electron chi connectivity index (χ0n) is 9.01. The summed E-state index contributed by atoms with van der Waals surface area (Å²) in [5.74, 6) is 0.0210. The summed E-state index contributed by atoms with van der Waals surface area (Å²) in [5.41, 5.74) is 0.946. The third-order valence-corrected chi connectivity index (χ3v) is 3.13. The summed E-state index contributed by atoms with van der Waals surface area (Å²) in [6.07, 6.45) is 2.99. The highest BCUT2D eigenvalue weighted by molar-refractivity contribution is 7.99. The molecule has 0 saturated carbocycles. The van der Waals surface area contributed by atoms with Gasteiger partial charge in [0.25, 0.3) is 0 Å². The van der Waals surface area contributed by atoms with E-state index in [9.17, 15) is 4.79 Å². The monoisotopic (exact) mass is 228 g/mol. The van der Waals surface area contributed by atoms with E-state index in [1.165, 1.54) is 11.8 Å². The van der Waals surface area contributed by atoms with Crippen molar-refractivity contribution < 1.29 is 9.90 Å². The lowest BCUT2D eigenvalue weighted by Gasteiger charge is -2.07. The van der Waals surface area contributed by atoms with Gasteiger partial charge in [-0.1, -0.05) is 6.92 Å². The summed E-state index contributed by atoms with van der Waals surface area (Å²) in [4.78, 5) is 10.3. The summed E-state index contributed by atoms with van der Waals surface area (Å²) in [6.45, 7) is 4.23. The molecule has 5 heteroatoms. The number of hydrogen-bond donors (Lipinski definition) is 1. The van der Waals surface area contributed by atoms with E-state index in [4.69, 9.17) is 5.11 Å². The summed E-state index contributed by atoms with van der Waals surface area (Å²) < 4.78 is 1.93. The van der Waals surface area contributed by atoms with Crippen LogP contribution in [0.3, 0.4) is 0 Å². The van der Waals surface area contributed by atoms with Gasteiger partial charge in [0.2, 0.25) is 0 Å². The molecule has 0 aliphatic heterocycles. The van der Waals surface area contributed by atoms with Gasteiger partial charge in [0.05, 0.1) is 11.4 Å². The Hall–Kier alpha value is -0.970. The van der Waals surface area contributed by atoms with Crippen molar-refractivity contribution in [3.63, 3.8) is 0 Å². The van der Waals surface area contributed by atoms with Crippen molar-refractivity contribution in [2.75, 3.05) is 5.75 Å². The molecule has 1 N–H and O–H groups in total. The maximum Gasteiger partial charge on any atom is 0.313 e. The minimum atomic E-state index is -0.777. The summed E-state index contributed by atoms with van der Waals surface area (Å²) in [5, 5.41) is 12.9. The molecule has 84 valence electrons. The molecule has 4 nitrogen and oxygen atoms in total. The van der Waals surface area contributed by atoms with Crippen molar-refractivity contribution in [1.29, 1.82) is 0 Å². The Bertz CT molecular complexity index is 325. The zero-order valence-corrected chi connectivity index (χ0v) is 9.83. The fraction of sp³-hybridized carbons (Fsp3) is 0.600. The van der Waals surface area contributed by atoms with Crippen LogP contribution in [0.25, 0.3) is 0 Å². The lowest BCUT2D eigenvalue weighted by Crippen LogP contribution is -2.04. The zero-order chi connectivity index (χ0) is 11.3. The molecular weight excluding hydrogens is 212 g/mol. The van der Waals surface area contributed by atoms with Crippen LogP contribution < -0.4 is 0 Å². The second kappa shape index (κ2) is 5.80. The standard InChI is InChI=1S/C10H16N2O2S/c1-3-8(2)12-5-4-9(11-12)6-15-7-10(13)14/h4-5,8H,3,6-7H2,1-2H3,(H,13,14). The van der Waals surface area contributed by atoms with Crippen LogP contribution in [0.4, 0.5) is 0 Å². The van der Waals surface area contributed by atoms with E-state index in [1.54, 1.807) is 0 Å². The van der Waals surface area contributed by atoms with Crippen molar-refractivity contribution in [1.82, 2.24) is 9.78 Å². The first-order valence-electron chi connectivity index (χ1n) is 4.97. The Morgan fingerprint density at radius 1 is 1.73 bits per heavy atom. The fourth-order valence-corrected chi connectivity index (χ4v) is 1.77. The van der Waals surface area contributed by atoms with Gasteiger partial charge in [-0.05, 0) is 19.4 Å². The first kappa shape index (κ1) is 12.1. The number of carboxylic acid groups (broad SMARTS) is 1. The molecule has 1 heterocycles. The Morgan fingerprint density at radius 3 is 3.07 bits per heavy atom. The molecule has 1 unspecified atom stereocenters. The second-order valence-corrected chi connectivity index (χ2v) is 4.42. The molecule has 0 saturated heterocycles. The van der Waals surface area contributed by atoms with Gasteiger partial charge in [0.1, 0.15) is 0 Å². The van der Waals surface area contributed by atoms with Crippen LogP contribution in [0, 0.1) is 0 Å². The molecule has 0 bridgehead atoms. The van der Waals surface area contributed by atoms with Gasteiger partial charge in [-0.15, -0.1) is 11.8 Å². The van der Waals surface area contributed by atoms with Crippen molar-refractivity contribution in [2.45, 2.75) is 32.1 Å². The number of nitrogens with zero attached hydrogens (tertiary/aromatic N) is 2. The van der Waals surface area contributed by atoms with Crippen LogP contribution >= 0.6 is 11.8 Å². The molecule has 15 heavy (non-hydrogen) atoms. The molecule has 0 aliphatic rings. The van der Waals surface area contributed by atoms with E-state index in [1.807, 2.05) is 16.9 Å². The number of rotatable bonds is 6. The normalized spacial score (nSPS) is 12.7. The Labute approximate surface area is 93.7 Å². The van der Waals surface area contributed by atoms with Gasteiger partial charge in [0.15, 0.2) is 0 Å². The highest BCUT2D eigenvalue weighted by atomic mass is 32.2. The SMILES string of the molecule is CCC(C)n1ccc(CSCC(=O)O)n1. The van der Waals surface area contributed by atoms with Gasteiger partial charge in [-0.3, -0.25) is 9.48 Å². The number of carbonyl (C=O) groups is 1. The number of thioether (sulfide) groups is 1. The van der Waals surface area contributed by atoms with E-state index in [0.717, 1.165) is 12.1 Å². The first-order chi connectivity index (χ1) is 7.13. The quantitative estimate of drug-likeness (QED) is 0.810. The Kier molecular flexibility index (Phi) is 4.68. The Morgan fingerprint density at radius 2 is 2.47 bits per heavy atom. The third kappa shape index (κ3) is 3.95. The van der Waals surface area contributed by atoms with Gasteiger partial charge in [-0.25, -0.2) is 0 Å². The van der Waals surface area contributed by atoms with Crippen LogP contribution in [-0.4, -0.2) is 26.6 Å². The van der Waals surface area contributed by atoms with Crippen molar-refractivity contribution in [3.05, 3.63) is 18.0 Å². The van der Waals surface area contributed by atoms with Gasteiger partial charge in [-0.2, -0.15) is 5.10 Å². The molecule has 1 atom stereocenters. The molecule has 0 radical (unpaired) electrons. The van der Waals surface area contributed by atoms with Gasteiger partial charge < -0.3 is 5.11 Å². The van der Waals surface area contributed by atoms with Crippen molar-refractivity contribution in [2.24, 2.45) is 0 Å². The maximum absolute atomic E-state index is 10.3. The summed E-state index contributed by atoms with van der Waals surface area (Å²) >= 11 is 1.37. The van der Waals surface area contributed by atoms with Gasteiger partial charge >= 0.3 is 5.97 Å². The fourth-order valence-electron chi connectivity index (χ4n) is 1.13. The molecular formula is C10H16N2O2S. The average molecular weight is 228 g/mol. The van der Waals surface area contributed by atoms with Crippen LogP contribution in [0.15, 0.2) is 12.3 Å². The number of aliphatic carboxylic acids is 1. The first-order valence-corrected chi connectivity index (χ1v) is 6.12. The van der Waals surface area contributed by atoms with E-state index in [-0.39, 0.29) is 5.75 Å². The molecule has 0 spiro atoms. The summed E-state index contributed by atoms with van der Waals surface area (Å²) in [7, 11) is 0. The van der Waals surface area contributed by atoms with Crippen molar-refractivity contribution in [3.8, 4) is 0 Å². The second-order valence-electron chi connectivity index (χ2n) is 3.43. The molecule has 1 rings (SSSR count). The lowest BCUT2D eigenvalue weighted by molar-refractivity contribution is -0.133. The van der Waals surface area contributed by atoms with Crippen LogP contribution in [0.2, 0.25) is 0 Å². The predicted octanol–water partition coefficient (Wildman–Crippen LogP) is 2.17. The summed E-state index contributed by atoms with van der Waals surface area (Å²) in [6, 6.07) is 2.35. The van der Waals surface area contributed by atoms with Crippen LogP contribution in [0.5, 0.6) is 0 Å². The number of aromatic nitrogens is 2. The highest BCUT2D eigenvalue weighted by Crippen LogP contribution is 2.13. The molecule has 0 aliphatic carbocycles. The van der Waals surface area contributed by atoms with Crippen molar-refractivity contribution >= 4 is 17.7 Å². The molecule has 0 aromatic carbocycles. The Balaban J connectivity index is 2.42. The number of carboxylic acids is 1. The number of hydrogen-bond acceptors (Lipinski definition) is 3. The molecule has 1 aromatic heterocycles. The average Bonchev–Trinajstić information content (AvgIpc) is 2.65. The minimum absolute atomic E-state index is 0.135. The van der Waals surface area contributed by atoms with Gasteiger partial charge in [0, 0.05) is 18.0 Å². The topological polar surface area (TPSA) is 55.1 Å². The minimum Gasteiger partial charge on any atom is -0.481 e. The van der Waals surface area contributed by atoms with Crippen LogP contribution in [0.1, 0.15) is 32.0 Å². The predicted molar refractivity (Wildman–Crippen MR) is 61.0 cm³/mol. The molecule has 0 amide bonds. The van der Waals surface area contributed by atoms with E-state index in [0.29, 0.717) is 11.8 Å². The molecule has 1 aromatic rings. The lowest BCUT2D eigenvalue weighted by atomic mass is 10.3. The maximum atomic E-state index is 10.3. The van der Waals surface area contributed by atoms with E-state index in [2.05, 4.69) is 18.9 Å². The third-order valence-electron chi connectivity index (χ3n) is 2.18. The molecule has 0 fully saturated rings.